The monoisotopic (exact) mass is 311 g/mol. The number of carbonyl (C=O) groups is 1. The molecule has 21 heavy (non-hydrogen) atoms. The molecule has 3 N–H and O–H groups in total. The van der Waals surface area contributed by atoms with Gasteiger partial charge in [-0.05, 0) is 49.2 Å². The average Bonchev–Trinajstić information content (AvgIpc) is 2.94. The van der Waals surface area contributed by atoms with Gasteiger partial charge >= 0.3 is 0 Å². The zero-order valence-electron chi connectivity index (χ0n) is 13.3. The molecular weight excluding hydrogens is 282 g/mol. The topological polar surface area (TPSA) is 53.2 Å². The van der Waals surface area contributed by atoms with Crippen LogP contribution >= 0.6 is 12.2 Å². The van der Waals surface area contributed by atoms with Gasteiger partial charge < -0.3 is 5.32 Å². The molecule has 2 aliphatic rings. The highest BCUT2D eigenvalue weighted by Crippen LogP contribution is 2.29. The SMILES string of the molecule is C[C@@H]1[C@H](C)CCC[C@@H]1NC(=S)NNC(=O)CC1CCCC1. The lowest BCUT2D eigenvalue weighted by atomic mass is 9.78. The van der Waals surface area contributed by atoms with Gasteiger partial charge in [0, 0.05) is 12.5 Å². The molecular formula is C16H29N3OS. The minimum absolute atomic E-state index is 0.0520. The molecule has 2 aliphatic carbocycles. The van der Waals surface area contributed by atoms with Crippen LogP contribution in [-0.4, -0.2) is 17.1 Å². The number of amides is 1. The van der Waals surface area contributed by atoms with Crippen molar-refractivity contribution in [3.63, 3.8) is 0 Å². The van der Waals surface area contributed by atoms with E-state index in [1.807, 2.05) is 0 Å². The third kappa shape index (κ3) is 5.13. The van der Waals surface area contributed by atoms with Crippen molar-refractivity contribution in [2.24, 2.45) is 17.8 Å². The van der Waals surface area contributed by atoms with Gasteiger partial charge in [0.25, 0.3) is 0 Å². The van der Waals surface area contributed by atoms with Gasteiger partial charge in [-0.2, -0.15) is 0 Å². The van der Waals surface area contributed by atoms with Crippen molar-refractivity contribution in [1.82, 2.24) is 16.2 Å². The van der Waals surface area contributed by atoms with Crippen LogP contribution in [0.15, 0.2) is 0 Å². The highest BCUT2D eigenvalue weighted by atomic mass is 32.1. The van der Waals surface area contributed by atoms with Crippen molar-refractivity contribution in [2.75, 3.05) is 0 Å². The maximum Gasteiger partial charge on any atom is 0.238 e. The van der Waals surface area contributed by atoms with E-state index >= 15 is 0 Å². The predicted molar refractivity (Wildman–Crippen MR) is 89.6 cm³/mol. The first-order chi connectivity index (χ1) is 10.1. The molecule has 3 atom stereocenters. The summed E-state index contributed by atoms with van der Waals surface area (Å²) in [4.78, 5) is 11.9. The van der Waals surface area contributed by atoms with Gasteiger partial charge in [0.05, 0.1) is 0 Å². The number of nitrogens with one attached hydrogen (secondary N) is 3. The first kappa shape index (κ1) is 16.5. The summed E-state index contributed by atoms with van der Waals surface area (Å²) in [6.07, 6.45) is 9.24. The summed E-state index contributed by atoms with van der Waals surface area (Å²) in [6, 6.07) is 0.417. The lowest BCUT2D eigenvalue weighted by Crippen LogP contribution is -2.52. The van der Waals surface area contributed by atoms with E-state index in [2.05, 4.69) is 30.0 Å². The molecule has 0 bridgehead atoms. The van der Waals surface area contributed by atoms with Crippen LogP contribution in [0.2, 0.25) is 0 Å². The van der Waals surface area contributed by atoms with E-state index in [9.17, 15) is 4.79 Å². The summed E-state index contributed by atoms with van der Waals surface area (Å²) >= 11 is 5.29. The van der Waals surface area contributed by atoms with E-state index < -0.39 is 0 Å². The standard InChI is InChI=1S/C16H29N3OS/c1-11-6-5-9-14(12(11)2)17-16(21)19-18-15(20)10-13-7-3-4-8-13/h11-14H,3-10H2,1-2H3,(H,18,20)(H2,17,19,21)/t11-,12-,14+/m1/s1. The van der Waals surface area contributed by atoms with Crippen LogP contribution in [0.4, 0.5) is 0 Å². The second-order valence-corrected chi connectivity index (χ2v) is 7.28. The van der Waals surface area contributed by atoms with Gasteiger partial charge in [-0.1, -0.05) is 39.5 Å². The van der Waals surface area contributed by atoms with Gasteiger partial charge in [-0.15, -0.1) is 0 Å². The van der Waals surface area contributed by atoms with Crippen LogP contribution < -0.4 is 16.2 Å². The molecule has 2 fully saturated rings. The number of hydrogen-bond acceptors (Lipinski definition) is 2. The molecule has 0 aliphatic heterocycles. The van der Waals surface area contributed by atoms with E-state index in [0.29, 0.717) is 29.4 Å². The largest absolute Gasteiger partial charge is 0.358 e. The molecule has 0 aromatic heterocycles. The van der Waals surface area contributed by atoms with E-state index in [1.165, 1.54) is 38.5 Å². The van der Waals surface area contributed by atoms with E-state index in [-0.39, 0.29) is 5.91 Å². The van der Waals surface area contributed by atoms with Crippen molar-refractivity contribution < 1.29 is 4.79 Å². The quantitative estimate of drug-likeness (QED) is 0.554. The van der Waals surface area contributed by atoms with Crippen LogP contribution in [0.1, 0.15) is 65.2 Å². The molecule has 5 heteroatoms. The number of carbonyl (C=O) groups excluding carboxylic acids is 1. The first-order valence-electron chi connectivity index (χ1n) is 8.41. The molecule has 0 spiro atoms. The second-order valence-electron chi connectivity index (χ2n) is 6.88. The molecule has 0 aromatic carbocycles. The number of hydrazine groups is 1. The Labute approximate surface area is 133 Å². The Hall–Kier alpha value is -0.840. The maximum absolute atomic E-state index is 11.9. The van der Waals surface area contributed by atoms with Gasteiger partial charge in [0.15, 0.2) is 5.11 Å². The molecule has 120 valence electrons. The van der Waals surface area contributed by atoms with E-state index in [4.69, 9.17) is 12.2 Å². The maximum atomic E-state index is 11.9. The third-order valence-electron chi connectivity index (χ3n) is 5.29. The molecule has 0 heterocycles. The van der Waals surface area contributed by atoms with Crippen molar-refractivity contribution >= 4 is 23.2 Å². The third-order valence-corrected chi connectivity index (χ3v) is 5.51. The Morgan fingerprint density at radius 2 is 1.76 bits per heavy atom. The van der Waals surface area contributed by atoms with Crippen LogP contribution in [0, 0.1) is 17.8 Å². The van der Waals surface area contributed by atoms with Crippen LogP contribution in [0.25, 0.3) is 0 Å². The van der Waals surface area contributed by atoms with Crippen molar-refractivity contribution in [3.05, 3.63) is 0 Å². The fraction of sp³-hybridized carbons (Fsp3) is 0.875. The summed E-state index contributed by atoms with van der Waals surface area (Å²) in [7, 11) is 0. The van der Waals surface area contributed by atoms with E-state index in [0.717, 1.165) is 12.3 Å². The first-order valence-corrected chi connectivity index (χ1v) is 8.82. The normalized spacial score (nSPS) is 29.9. The Kier molecular flexibility index (Phi) is 6.27. The zero-order chi connectivity index (χ0) is 15.2. The van der Waals surface area contributed by atoms with Crippen molar-refractivity contribution in [1.29, 1.82) is 0 Å². The zero-order valence-corrected chi connectivity index (χ0v) is 14.1. The smallest absolute Gasteiger partial charge is 0.238 e. The highest BCUT2D eigenvalue weighted by Gasteiger charge is 2.27. The van der Waals surface area contributed by atoms with Gasteiger partial charge in [0.2, 0.25) is 5.91 Å². The van der Waals surface area contributed by atoms with Crippen LogP contribution in [-0.2, 0) is 4.79 Å². The second kappa shape index (κ2) is 7.97. The molecule has 2 rings (SSSR count). The lowest BCUT2D eigenvalue weighted by Gasteiger charge is -2.35. The fourth-order valence-corrected chi connectivity index (χ4v) is 3.85. The highest BCUT2D eigenvalue weighted by molar-refractivity contribution is 7.80. The Morgan fingerprint density at radius 3 is 2.48 bits per heavy atom. The van der Waals surface area contributed by atoms with E-state index in [1.54, 1.807) is 0 Å². The molecule has 0 unspecified atom stereocenters. The van der Waals surface area contributed by atoms with Crippen LogP contribution in [0.3, 0.4) is 0 Å². The Morgan fingerprint density at radius 1 is 1.05 bits per heavy atom. The van der Waals surface area contributed by atoms with Gasteiger partial charge in [-0.3, -0.25) is 15.6 Å². The lowest BCUT2D eigenvalue weighted by molar-refractivity contribution is -0.122. The van der Waals surface area contributed by atoms with Crippen LogP contribution in [0.5, 0.6) is 0 Å². The summed E-state index contributed by atoms with van der Waals surface area (Å²) in [5.41, 5.74) is 5.59. The number of hydrogen-bond donors (Lipinski definition) is 3. The van der Waals surface area contributed by atoms with Crippen molar-refractivity contribution in [2.45, 2.75) is 71.3 Å². The van der Waals surface area contributed by atoms with Crippen molar-refractivity contribution in [3.8, 4) is 0 Å². The summed E-state index contributed by atoms with van der Waals surface area (Å²) in [5.74, 6) is 1.97. The summed E-state index contributed by atoms with van der Waals surface area (Å²) in [6.45, 7) is 4.58. The minimum atomic E-state index is 0.0520. The fourth-order valence-electron chi connectivity index (χ4n) is 3.64. The number of rotatable bonds is 3. The van der Waals surface area contributed by atoms with Gasteiger partial charge in [-0.25, -0.2) is 0 Å². The molecule has 2 saturated carbocycles. The van der Waals surface area contributed by atoms with Gasteiger partial charge in [0.1, 0.15) is 0 Å². The average molecular weight is 311 g/mol. The molecule has 1 amide bonds. The number of thiocarbonyl (C=S) groups is 1. The molecule has 4 nitrogen and oxygen atoms in total. The Bertz CT molecular complexity index is 369. The molecule has 0 saturated heterocycles. The minimum Gasteiger partial charge on any atom is -0.358 e. The summed E-state index contributed by atoms with van der Waals surface area (Å²) < 4.78 is 0. The Balaban J connectivity index is 1.65. The molecule has 0 aromatic rings. The summed E-state index contributed by atoms with van der Waals surface area (Å²) in [5, 5.41) is 3.90. The predicted octanol–water partition coefficient (Wildman–Crippen LogP) is 2.89. The molecule has 0 radical (unpaired) electrons.